The summed E-state index contributed by atoms with van der Waals surface area (Å²) >= 11 is 1.80. The largest absolute Gasteiger partial charge is 0.494 e. The first-order valence-corrected chi connectivity index (χ1v) is 15.6. The van der Waals surface area contributed by atoms with Gasteiger partial charge in [0.1, 0.15) is 15.8 Å². The third-order valence-electron chi connectivity index (χ3n) is 8.01. The van der Waals surface area contributed by atoms with Crippen molar-refractivity contribution in [2.24, 2.45) is 11.8 Å². The van der Waals surface area contributed by atoms with E-state index >= 15 is 0 Å². The van der Waals surface area contributed by atoms with Crippen molar-refractivity contribution in [1.29, 1.82) is 0 Å². The Morgan fingerprint density at radius 3 is 2.31 bits per heavy atom. The monoisotopic (exact) mass is 498 g/mol. The first-order valence-electron chi connectivity index (χ1n) is 14.8. The molecule has 3 nitrogen and oxygen atoms in total. The fraction of sp³-hybridized carbons (Fsp3) is 0.742. The number of nitrogens with zero attached hydrogens (tertiary/aromatic N) is 2. The summed E-state index contributed by atoms with van der Waals surface area (Å²) in [7, 11) is 0. The van der Waals surface area contributed by atoms with Gasteiger partial charge < -0.3 is 4.74 Å². The Morgan fingerprint density at radius 2 is 1.57 bits per heavy atom. The van der Waals surface area contributed by atoms with E-state index in [1.165, 1.54) is 101 Å². The predicted octanol–water partition coefficient (Wildman–Crippen LogP) is 10.2. The molecule has 1 atom stereocenters. The topological polar surface area (TPSA) is 35.0 Å². The molecule has 1 unspecified atom stereocenters. The minimum absolute atomic E-state index is 0.616. The first kappa shape index (κ1) is 28.2. The predicted molar refractivity (Wildman–Crippen MR) is 151 cm³/mol. The molecule has 0 spiro atoms. The number of ether oxygens (including phenoxy) is 1. The van der Waals surface area contributed by atoms with Crippen LogP contribution in [-0.4, -0.2) is 16.8 Å². The van der Waals surface area contributed by atoms with Crippen molar-refractivity contribution < 1.29 is 4.74 Å². The van der Waals surface area contributed by atoms with Crippen LogP contribution in [0.5, 0.6) is 5.75 Å². The van der Waals surface area contributed by atoms with Gasteiger partial charge >= 0.3 is 0 Å². The minimum Gasteiger partial charge on any atom is -0.494 e. The van der Waals surface area contributed by atoms with Gasteiger partial charge in [-0.3, -0.25) is 0 Å². The van der Waals surface area contributed by atoms with E-state index in [1.807, 2.05) is 0 Å². The third kappa shape index (κ3) is 10.2. The molecule has 196 valence electrons. The van der Waals surface area contributed by atoms with Crippen LogP contribution in [0.3, 0.4) is 0 Å². The molecular formula is C31H50N2OS. The summed E-state index contributed by atoms with van der Waals surface area (Å²) in [6, 6.07) is 8.45. The van der Waals surface area contributed by atoms with E-state index in [0.717, 1.165) is 41.2 Å². The molecular weight excluding hydrogens is 448 g/mol. The third-order valence-corrected chi connectivity index (χ3v) is 9.15. The Morgan fingerprint density at radius 1 is 0.857 bits per heavy atom. The Bertz CT molecular complexity index is 795. The highest BCUT2D eigenvalue weighted by atomic mass is 32.1. The molecule has 0 radical (unpaired) electrons. The van der Waals surface area contributed by atoms with Crippen molar-refractivity contribution in [3.05, 3.63) is 29.3 Å². The zero-order chi connectivity index (χ0) is 24.7. The van der Waals surface area contributed by atoms with Crippen molar-refractivity contribution in [2.45, 2.75) is 129 Å². The highest BCUT2D eigenvalue weighted by Crippen LogP contribution is 2.40. The molecule has 0 amide bonds. The lowest BCUT2D eigenvalue weighted by molar-refractivity contribution is 0.301. The molecule has 0 aliphatic heterocycles. The Kier molecular flexibility index (Phi) is 13.2. The number of aromatic nitrogens is 2. The maximum Gasteiger partial charge on any atom is 0.147 e. The number of hydrogen-bond donors (Lipinski definition) is 0. The number of rotatable bonds is 17. The maximum absolute atomic E-state index is 5.96. The molecule has 2 aromatic rings. The van der Waals surface area contributed by atoms with Crippen molar-refractivity contribution >= 4 is 11.3 Å². The molecule has 1 aromatic carbocycles. The summed E-state index contributed by atoms with van der Waals surface area (Å²) < 4.78 is 5.96. The van der Waals surface area contributed by atoms with E-state index < -0.39 is 0 Å². The van der Waals surface area contributed by atoms with E-state index in [4.69, 9.17) is 4.74 Å². The maximum atomic E-state index is 5.96. The lowest BCUT2D eigenvalue weighted by Gasteiger charge is -2.27. The molecule has 4 heteroatoms. The molecule has 1 aliphatic carbocycles. The summed E-state index contributed by atoms with van der Waals surface area (Å²) in [5.74, 6) is 3.38. The highest BCUT2D eigenvalue weighted by Gasteiger charge is 2.25. The average molecular weight is 499 g/mol. The van der Waals surface area contributed by atoms with E-state index in [1.54, 1.807) is 11.3 Å². The Labute approximate surface area is 219 Å². The van der Waals surface area contributed by atoms with Gasteiger partial charge in [0.2, 0.25) is 0 Å². The molecule has 1 saturated carbocycles. The van der Waals surface area contributed by atoms with Crippen LogP contribution < -0.4 is 4.74 Å². The molecule has 1 fully saturated rings. The van der Waals surface area contributed by atoms with E-state index in [2.05, 4.69) is 55.2 Å². The fourth-order valence-corrected chi connectivity index (χ4v) is 6.30. The highest BCUT2D eigenvalue weighted by molar-refractivity contribution is 7.14. The number of unbranched alkanes of at least 4 members (excludes halogenated alkanes) is 7. The van der Waals surface area contributed by atoms with Crippen molar-refractivity contribution in [3.63, 3.8) is 0 Å². The van der Waals surface area contributed by atoms with Gasteiger partial charge in [0.05, 0.1) is 6.61 Å². The summed E-state index contributed by atoms with van der Waals surface area (Å²) in [6.45, 7) is 7.73. The molecule has 3 rings (SSSR count). The second-order valence-electron chi connectivity index (χ2n) is 11.0. The van der Waals surface area contributed by atoms with Crippen LogP contribution in [0.2, 0.25) is 0 Å². The smallest absolute Gasteiger partial charge is 0.147 e. The summed E-state index contributed by atoms with van der Waals surface area (Å²) in [6.07, 6.45) is 21.6. The lowest BCUT2D eigenvalue weighted by atomic mass is 9.80. The van der Waals surface area contributed by atoms with Gasteiger partial charge in [-0.05, 0) is 68.2 Å². The molecule has 0 N–H and O–H groups in total. The van der Waals surface area contributed by atoms with Gasteiger partial charge in [0.25, 0.3) is 0 Å². The van der Waals surface area contributed by atoms with Gasteiger partial charge in [0, 0.05) is 11.5 Å². The van der Waals surface area contributed by atoms with Gasteiger partial charge in [0.15, 0.2) is 0 Å². The molecule has 1 heterocycles. The van der Waals surface area contributed by atoms with Gasteiger partial charge in [-0.2, -0.15) is 0 Å². The zero-order valence-corrected chi connectivity index (χ0v) is 23.6. The molecule has 0 bridgehead atoms. The fourth-order valence-electron chi connectivity index (χ4n) is 5.29. The van der Waals surface area contributed by atoms with Crippen LogP contribution in [0.1, 0.15) is 134 Å². The minimum atomic E-state index is 0.616. The van der Waals surface area contributed by atoms with E-state index in [0.29, 0.717) is 5.92 Å². The van der Waals surface area contributed by atoms with Crippen LogP contribution in [0.15, 0.2) is 24.3 Å². The van der Waals surface area contributed by atoms with Gasteiger partial charge in [-0.25, -0.2) is 0 Å². The number of benzene rings is 1. The SMILES string of the molecule is CCCCCCCCC1CCC(c2nnc(-c3ccc(OCCCCCC(C)CC)cc3)s2)CC1. The quantitative estimate of drug-likeness (QED) is 0.203. The summed E-state index contributed by atoms with van der Waals surface area (Å²) in [4.78, 5) is 0. The van der Waals surface area contributed by atoms with Crippen molar-refractivity contribution in [2.75, 3.05) is 6.61 Å². The van der Waals surface area contributed by atoms with E-state index in [-0.39, 0.29) is 0 Å². The van der Waals surface area contributed by atoms with Gasteiger partial charge in [-0.15, -0.1) is 10.2 Å². The standard InChI is InChI=1S/C31H50N2OS/c1-4-6-7-8-9-12-15-26-16-18-27(19-17-26)30-32-33-31(35-30)28-20-22-29(23-21-28)34-24-13-10-11-14-25(3)5-2/h20-23,25-27H,4-19,24H2,1-3H3. The van der Waals surface area contributed by atoms with Crippen molar-refractivity contribution in [3.8, 4) is 16.3 Å². The van der Waals surface area contributed by atoms with Crippen LogP contribution in [-0.2, 0) is 0 Å². The Hall–Kier alpha value is -1.42. The molecule has 1 aliphatic rings. The second-order valence-corrected chi connectivity index (χ2v) is 12.0. The lowest BCUT2D eigenvalue weighted by Crippen LogP contribution is -2.13. The normalized spacial score (nSPS) is 19.1. The number of hydrogen-bond acceptors (Lipinski definition) is 4. The Balaban J connectivity index is 1.34. The summed E-state index contributed by atoms with van der Waals surface area (Å²) in [5, 5.41) is 11.4. The average Bonchev–Trinajstić information content (AvgIpc) is 3.39. The van der Waals surface area contributed by atoms with Crippen LogP contribution in [0.25, 0.3) is 10.6 Å². The van der Waals surface area contributed by atoms with Crippen LogP contribution in [0, 0.1) is 11.8 Å². The first-order chi connectivity index (χ1) is 17.2. The molecule has 0 saturated heterocycles. The summed E-state index contributed by atoms with van der Waals surface area (Å²) in [5.41, 5.74) is 1.16. The second kappa shape index (κ2) is 16.3. The van der Waals surface area contributed by atoms with E-state index in [9.17, 15) is 0 Å². The zero-order valence-electron chi connectivity index (χ0n) is 22.8. The van der Waals surface area contributed by atoms with Crippen LogP contribution >= 0.6 is 11.3 Å². The van der Waals surface area contributed by atoms with Crippen LogP contribution in [0.4, 0.5) is 0 Å². The molecule has 35 heavy (non-hydrogen) atoms. The van der Waals surface area contributed by atoms with Crippen molar-refractivity contribution in [1.82, 2.24) is 10.2 Å². The van der Waals surface area contributed by atoms with Gasteiger partial charge in [-0.1, -0.05) is 103 Å². The molecule has 1 aromatic heterocycles.